The summed E-state index contributed by atoms with van der Waals surface area (Å²) < 4.78 is 14.0. The van der Waals surface area contributed by atoms with Gasteiger partial charge in [-0.15, -0.1) is 5.11 Å². The highest BCUT2D eigenvalue weighted by Gasteiger charge is 2.16. The maximum Gasteiger partial charge on any atom is 0.273 e. The molecule has 24 heavy (non-hydrogen) atoms. The summed E-state index contributed by atoms with van der Waals surface area (Å²) in [7, 11) is 3.91. The third-order valence-electron chi connectivity index (χ3n) is 3.08. The van der Waals surface area contributed by atoms with E-state index in [4.69, 9.17) is 5.26 Å². The van der Waals surface area contributed by atoms with Gasteiger partial charge in [0.15, 0.2) is 5.82 Å². The van der Waals surface area contributed by atoms with Crippen LogP contribution in [0.1, 0.15) is 11.1 Å². The zero-order valence-electron chi connectivity index (χ0n) is 13.1. The fourth-order valence-electron chi connectivity index (χ4n) is 2.02. The van der Waals surface area contributed by atoms with E-state index in [0.29, 0.717) is 5.69 Å². The predicted molar refractivity (Wildman–Crippen MR) is 85.8 cm³/mol. The van der Waals surface area contributed by atoms with E-state index < -0.39 is 16.4 Å². The lowest BCUT2D eigenvalue weighted by atomic mass is 10.1. The first-order chi connectivity index (χ1) is 11.4. The van der Waals surface area contributed by atoms with Crippen molar-refractivity contribution in [1.29, 1.82) is 5.26 Å². The summed E-state index contributed by atoms with van der Waals surface area (Å²) in [6.07, 6.45) is 0. The smallest absolute Gasteiger partial charge is 0.273 e. The van der Waals surface area contributed by atoms with E-state index in [1.807, 2.05) is 31.1 Å². The highest BCUT2D eigenvalue weighted by molar-refractivity contribution is 5.59. The molecular weight excluding hydrogens is 313 g/mol. The van der Waals surface area contributed by atoms with Gasteiger partial charge in [0.2, 0.25) is 0 Å². The highest BCUT2D eigenvalue weighted by Crippen LogP contribution is 2.29. The highest BCUT2D eigenvalue weighted by atomic mass is 19.1. The van der Waals surface area contributed by atoms with Gasteiger partial charge in [-0.25, -0.2) is 4.39 Å². The molecule has 0 atom stereocenters. The molecule has 0 N–H and O–H groups in total. The molecule has 0 bridgehead atoms. The van der Waals surface area contributed by atoms with Crippen molar-refractivity contribution in [3.8, 4) is 6.07 Å². The number of nitro benzene ring substituents is 1. The van der Waals surface area contributed by atoms with Crippen LogP contribution in [0.5, 0.6) is 0 Å². The zero-order chi connectivity index (χ0) is 17.7. The van der Waals surface area contributed by atoms with Gasteiger partial charge < -0.3 is 4.90 Å². The molecule has 7 nitrogen and oxygen atoms in total. The van der Waals surface area contributed by atoms with Crippen LogP contribution in [0.25, 0.3) is 0 Å². The number of hydrogen-bond acceptors (Lipinski definition) is 6. The average molecular weight is 327 g/mol. The first-order valence-corrected chi connectivity index (χ1v) is 6.94. The van der Waals surface area contributed by atoms with Gasteiger partial charge in [-0.2, -0.15) is 10.4 Å². The fraction of sp³-hybridized carbons (Fsp3) is 0.188. The van der Waals surface area contributed by atoms with Gasteiger partial charge in [-0.05, 0) is 31.8 Å². The van der Waals surface area contributed by atoms with E-state index in [1.54, 1.807) is 18.2 Å². The monoisotopic (exact) mass is 327 g/mol. The Morgan fingerprint density at radius 2 is 1.92 bits per heavy atom. The summed E-state index contributed by atoms with van der Waals surface area (Å²) >= 11 is 0. The largest absolute Gasteiger partial charge is 0.305 e. The van der Waals surface area contributed by atoms with E-state index in [-0.39, 0.29) is 11.3 Å². The number of nitro groups is 1. The number of azo groups is 1. The van der Waals surface area contributed by atoms with Crippen LogP contribution in [0.3, 0.4) is 0 Å². The minimum absolute atomic E-state index is 0.241. The third kappa shape index (κ3) is 4.18. The van der Waals surface area contributed by atoms with Gasteiger partial charge in [-0.3, -0.25) is 10.1 Å². The van der Waals surface area contributed by atoms with Crippen LogP contribution in [-0.2, 0) is 6.54 Å². The van der Waals surface area contributed by atoms with Crippen LogP contribution in [0.15, 0.2) is 46.6 Å². The van der Waals surface area contributed by atoms with Crippen molar-refractivity contribution < 1.29 is 9.31 Å². The Kier molecular flexibility index (Phi) is 5.29. The zero-order valence-corrected chi connectivity index (χ0v) is 13.1. The Morgan fingerprint density at radius 1 is 1.25 bits per heavy atom. The van der Waals surface area contributed by atoms with Gasteiger partial charge in [0.05, 0.1) is 22.2 Å². The Labute approximate surface area is 137 Å². The van der Waals surface area contributed by atoms with E-state index in [0.717, 1.165) is 24.2 Å². The summed E-state index contributed by atoms with van der Waals surface area (Å²) in [6.45, 7) is 0.771. The molecule has 0 amide bonds. The molecule has 0 aliphatic rings. The van der Waals surface area contributed by atoms with E-state index in [9.17, 15) is 14.5 Å². The van der Waals surface area contributed by atoms with Crippen molar-refractivity contribution in [2.24, 2.45) is 10.2 Å². The van der Waals surface area contributed by atoms with Crippen molar-refractivity contribution in [1.82, 2.24) is 4.90 Å². The molecule has 0 heterocycles. The lowest BCUT2D eigenvalue weighted by Gasteiger charge is -2.08. The van der Waals surface area contributed by atoms with Crippen molar-refractivity contribution in [3.63, 3.8) is 0 Å². The van der Waals surface area contributed by atoms with Crippen LogP contribution in [-0.4, -0.2) is 23.9 Å². The predicted octanol–water partition coefficient (Wildman–Crippen LogP) is 4.08. The maximum absolute atomic E-state index is 14.0. The molecule has 0 aliphatic heterocycles. The second kappa shape index (κ2) is 7.39. The molecule has 0 fully saturated rings. The van der Waals surface area contributed by atoms with Gasteiger partial charge in [0.1, 0.15) is 11.8 Å². The third-order valence-corrected chi connectivity index (χ3v) is 3.08. The minimum Gasteiger partial charge on any atom is -0.305 e. The van der Waals surface area contributed by atoms with Crippen LogP contribution in [0.2, 0.25) is 0 Å². The molecular formula is C16H14FN5O2. The molecule has 0 radical (unpaired) electrons. The van der Waals surface area contributed by atoms with Gasteiger partial charge >= 0.3 is 0 Å². The molecule has 0 unspecified atom stereocenters. The summed E-state index contributed by atoms with van der Waals surface area (Å²) in [5, 5.41) is 27.3. The first-order valence-electron chi connectivity index (χ1n) is 6.94. The maximum atomic E-state index is 14.0. The van der Waals surface area contributed by atoms with Crippen molar-refractivity contribution in [2.75, 3.05) is 14.1 Å². The Bertz CT molecular complexity index is 826. The lowest BCUT2D eigenvalue weighted by Crippen LogP contribution is -2.10. The van der Waals surface area contributed by atoms with E-state index in [1.165, 1.54) is 0 Å². The Balaban J connectivity index is 2.29. The number of rotatable bonds is 5. The molecule has 0 aromatic heterocycles. The number of hydrogen-bond donors (Lipinski definition) is 0. The second-order valence-electron chi connectivity index (χ2n) is 5.30. The number of benzene rings is 2. The Morgan fingerprint density at radius 3 is 2.46 bits per heavy atom. The van der Waals surface area contributed by atoms with Crippen LogP contribution < -0.4 is 0 Å². The molecule has 122 valence electrons. The summed E-state index contributed by atoms with van der Waals surface area (Å²) in [4.78, 5) is 11.9. The molecule has 0 spiro atoms. The molecule has 8 heteroatoms. The molecule has 2 aromatic rings. The van der Waals surface area contributed by atoms with Crippen molar-refractivity contribution in [3.05, 3.63) is 63.5 Å². The minimum atomic E-state index is -0.964. The van der Waals surface area contributed by atoms with E-state index in [2.05, 4.69) is 10.2 Å². The summed E-state index contributed by atoms with van der Waals surface area (Å²) in [6, 6.07) is 10.6. The first kappa shape index (κ1) is 17.2. The molecule has 0 saturated heterocycles. The number of non-ortho nitro benzene ring substituents is 1. The molecule has 2 rings (SSSR count). The normalized spacial score (nSPS) is 11.0. The van der Waals surface area contributed by atoms with Crippen LogP contribution in [0.4, 0.5) is 21.5 Å². The summed E-state index contributed by atoms with van der Waals surface area (Å²) in [5.74, 6) is -0.964. The molecule has 2 aromatic carbocycles. The van der Waals surface area contributed by atoms with Crippen LogP contribution in [0, 0.1) is 27.3 Å². The van der Waals surface area contributed by atoms with Crippen LogP contribution >= 0.6 is 0 Å². The standard InChI is InChI=1S/C16H14FN5O2/c1-21(2)10-11-3-5-13(6-4-11)19-20-16-12(9-18)7-14(22(23)24)8-15(16)17/h3-8H,10H2,1-2H3. The van der Waals surface area contributed by atoms with Gasteiger partial charge in [0.25, 0.3) is 5.69 Å². The van der Waals surface area contributed by atoms with Gasteiger partial charge in [0, 0.05) is 12.6 Å². The Hall–Kier alpha value is -3.18. The second-order valence-corrected chi connectivity index (χ2v) is 5.30. The van der Waals surface area contributed by atoms with Crippen molar-refractivity contribution >= 4 is 17.1 Å². The average Bonchev–Trinajstić information content (AvgIpc) is 2.53. The molecule has 0 saturated carbocycles. The topological polar surface area (TPSA) is 94.9 Å². The lowest BCUT2D eigenvalue weighted by molar-refractivity contribution is -0.385. The van der Waals surface area contributed by atoms with Gasteiger partial charge in [-0.1, -0.05) is 12.1 Å². The SMILES string of the molecule is CN(C)Cc1ccc(N=Nc2c(F)cc([N+](=O)[O-])cc2C#N)cc1. The summed E-state index contributed by atoms with van der Waals surface area (Å²) in [5.41, 5.74) is 0.503. The quantitative estimate of drug-likeness (QED) is 0.469. The number of nitrogens with zero attached hydrogens (tertiary/aromatic N) is 5. The molecule has 0 aliphatic carbocycles. The number of nitriles is 1. The van der Waals surface area contributed by atoms with E-state index >= 15 is 0 Å². The number of halogens is 1. The van der Waals surface area contributed by atoms with Crippen molar-refractivity contribution in [2.45, 2.75) is 6.54 Å². The fourth-order valence-corrected chi connectivity index (χ4v) is 2.02.